The van der Waals surface area contributed by atoms with Gasteiger partial charge in [-0.25, -0.2) is 0 Å². The molecule has 1 aliphatic rings. The summed E-state index contributed by atoms with van der Waals surface area (Å²) in [5.41, 5.74) is 1.65. The molecule has 3 rings (SSSR count). The van der Waals surface area contributed by atoms with E-state index in [9.17, 15) is 0 Å². The summed E-state index contributed by atoms with van der Waals surface area (Å²) in [4.78, 5) is 4.37. The Morgan fingerprint density at radius 2 is 1.88 bits per heavy atom. The van der Waals surface area contributed by atoms with Gasteiger partial charge in [-0.15, -0.1) is 24.0 Å². The topological polar surface area (TPSA) is 45.7 Å². The van der Waals surface area contributed by atoms with Crippen LogP contribution in [0.15, 0.2) is 47.5 Å². The van der Waals surface area contributed by atoms with Crippen molar-refractivity contribution in [1.82, 2.24) is 10.6 Å². The number of hydrogen-bond donors (Lipinski definition) is 2. The van der Waals surface area contributed by atoms with Crippen LogP contribution in [-0.2, 0) is 11.3 Å². The van der Waals surface area contributed by atoms with Gasteiger partial charge in [-0.1, -0.05) is 42.8 Å². The largest absolute Gasteiger partial charge is 0.385 e. The van der Waals surface area contributed by atoms with Crippen LogP contribution in [-0.4, -0.2) is 33.3 Å². The summed E-state index contributed by atoms with van der Waals surface area (Å²) in [6.07, 6.45) is 5.02. The van der Waals surface area contributed by atoms with Crippen LogP contribution in [0.4, 0.5) is 0 Å². The third-order valence-corrected chi connectivity index (χ3v) is 5.38. The Kier molecular flexibility index (Phi) is 8.15. The lowest BCUT2D eigenvalue weighted by atomic mass is 9.67. The van der Waals surface area contributed by atoms with E-state index in [0.717, 1.165) is 32.1 Å². The molecule has 5 heteroatoms. The van der Waals surface area contributed by atoms with E-state index in [-0.39, 0.29) is 24.0 Å². The van der Waals surface area contributed by atoms with Crippen molar-refractivity contribution in [2.24, 2.45) is 10.4 Å². The van der Waals surface area contributed by atoms with Gasteiger partial charge in [-0.05, 0) is 47.1 Å². The van der Waals surface area contributed by atoms with Gasteiger partial charge in [0.15, 0.2) is 5.96 Å². The maximum Gasteiger partial charge on any atom is 0.191 e. The molecule has 0 amide bonds. The van der Waals surface area contributed by atoms with Crippen molar-refractivity contribution in [2.45, 2.75) is 32.2 Å². The molecule has 0 atom stereocenters. The van der Waals surface area contributed by atoms with E-state index < -0.39 is 0 Å². The summed E-state index contributed by atoms with van der Waals surface area (Å²) in [6, 6.07) is 15.0. The molecule has 1 aliphatic carbocycles. The summed E-state index contributed by atoms with van der Waals surface area (Å²) in [6.45, 7) is 2.58. The minimum absolute atomic E-state index is 0. The summed E-state index contributed by atoms with van der Waals surface area (Å²) in [5, 5.41) is 9.50. The minimum Gasteiger partial charge on any atom is -0.385 e. The lowest BCUT2D eigenvalue weighted by Crippen LogP contribution is -2.46. The molecule has 0 radical (unpaired) electrons. The van der Waals surface area contributed by atoms with E-state index in [1.54, 1.807) is 7.11 Å². The van der Waals surface area contributed by atoms with E-state index in [2.05, 4.69) is 58.1 Å². The van der Waals surface area contributed by atoms with E-state index in [4.69, 9.17) is 4.74 Å². The number of ether oxygens (including phenoxy) is 1. The molecular weight excluding hydrogens is 437 g/mol. The van der Waals surface area contributed by atoms with Crippen molar-refractivity contribution in [3.63, 3.8) is 0 Å². The molecule has 2 aromatic rings. The highest BCUT2D eigenvalue weighted by Crippen LogP contribution is 2.43. The number of nitrogens with one attached hydrogen (secondary N) is 2. The van der Waals surface area contributed by atoms with Crippen LogP contribution in [0.25, 0.3) is 10.8 Å². The van der Waals surface area contributed by atoms with Crippen LogP contribution in [0.5, 0.6) is 0 Å². The third-order valence-electron chi connectivity index (χ3n) is 5.38. The second-order valence-corrected chi connectivity index (χ2v) is 7.06. The van der Waals surface area contributed by atoms with E-state index in [1.807, 2.05) is 7.05 Å². The molecule has 1 saturated carbocycles. The number of hydrogen-bond acceptors (Lipinski definition) is 2. The zero-order valence-corrected chi connectivity index (χ0v) is 18.1. The summed E-state index contributed by atoms with van der Waals surface area (Å²) < 4.78 is 5.27. The lowest BCUT2D eigenvalue weighted by molar-refractivity contribution is 0.0732. The number of aliphatic imine (C=N–C) groups is 1. The molecular formula is C21H30IN3O. The molecule has 0 bridgehead atoms. The second kappa shape index (κ2) is 10.1. The highest BCUT2D eigenvalue weighted by atomic mass is 127. The van der Waals surface area contributed by atoms with Crippen molar-refractivity contribution in [3.05, 3.63) is 48.0 Å². The maximum atomic E-state index is 5.27. The van der Waals surface area contributed by atoms with Gasteiger partial charge in [0, 0.05) is 33.9 Å². The van der Waals surface area contributed by atoms with E-state index in [0.29, 0.717) is 5.41 Å². The van der Waals surface area contributed by atoms with Gasteiger partial charge in [-0.3, -0.25) is 4.99 Å². The van der Waals surface area contributed by atoms with Crippen LogP contribution in [0.1, 0.15) is 31.2 Å². The first-order valence-electron chi connectivity index (χ1n) is 9.16. The number of guanidine groups is 1. The molecule has 0 aliphatic heterocycles. The standard InChI is InChI=1S/C21H29N3O.HI/c1-22-20(24-16-21(10-5-11-21)12-13-25-2)23-15-17-8-9-18-6-3-4-7-19(18)14-17;/h3-4,6-9,14H,5,10-13,15-16H2,1-2H3,(H2,22,23,24);1H. The highest BCUT2D eigenvalue weighted by Gasteiger charge is 2.36. The van der Waals surface area contributed by atoms with Gasteiger partial charge in [-0.2, -0.15) is 0 Å². The van der Waals surface area contributed by atoms with Crippen LogP contribution in [0, 0.1) is 5.41 Å². The lowest BCUT2D eigenvalue weighted by Gasteiger charge is -2.42. The SMILES string of the molecule is CN=C(NCc1ccc2ccccc2c1)NCC1(CCOC)CCC1.I. The van der Waals surface area contributed by atoms with Gasteiger partial charge in [0.2, 0.25) is 0 Å². The first kappa shape index (κ1) is 21.0. The maximum absolute atomic E-state index is 5.27. The Labute approximate surface area is 173 Å². The number of benzene rings is 2. The Morgan fingerprint density at radius 3 is 2.54 bits per heavy atom. The Morgan fingerprint density at radius 1 is 1.12 bits per heavy atom. The molecule has 142 valence electrons. The van der Waals surface area contributed by atoms with Gasteiger partial charge in [0.05, 0.1) is 0 Å². The molecule has 2 aromatic carbocycles. The summed E-state index contributed by atoms with van der Waals surface area (Å²) in [7, 11) is 3.61. The average molecular weight is 467 g/mol. The molecule has 0 heterocycles. The Hall–Kier alpha value is -1.34. The van der Waals surface area contributed by atoms with Crippen molar-refractivity contribution in [1.29, 1.82) is 0 Å². The predicted molar refractivity (Wildman–Crippen MR) is 120 cm³/mol. The van der Waals surface area contributed by atoms with Gasteiger partial charge in [0.1, 0.15) is 0 Å². The molecule has 0 spiro atoms. The fourth-order valence-electron chi connectivity index (χ4n) is 3.54. The Balaban J connectivity index is 0.00000243. The predicted octanol–water partition coefficient (Wildman–Crippen LogP) is 4.33. The fourth-order valence-corrected chi connectivity index (χ4v) is 3.54. The van der Waals surface area contributed by atoms with Crippen molar-refractivity contribution in [2.75, 3.05) is 27.3 Å². The number of rotatable bonds is 7. The average Bonchev–Trinajstić information content (AvgIpc) is 2.62. The first-order chi connectivity index (χ1) is 12.2. The van der Waals surface area contributed by atoms with Crippen LogP contribution in [0.3, 0.4) is 0 Å². The minimum atomic E-state index is 0. The zero-order valence-electron chi connectivity index (χ0n) is 15.8. The Bertz CT molecular complexity index is 728. The monoisotopic (exact) mass is 467 g/mol. The van der Waals surface area contributed by atoms with Crippen LogP contribution in [0.2, 0.25) is 0 Å². The van der Waals surface area contributed by atoms with Gasteiger partial charge in [0.25, 0.3) is 0 Å². The van der Waals surface area contributed by atoms with Crippen molar-refractivity contribution in [3.8, 4) is 0 Å². The highest BCUT2D eigenvalue weighted by molar-refractivity contribution is 14.0. The van der Waals surface area contributed by atoms with Gasteiger partial charge >= 0.3 is 0 Å². The second-order valence-electron chi connectivity index (χ2n) is 7.06. The fraction of sp³-hybridized carbons (Fsp3) is 0.476. The van der Waals surface area contributed by atoms with E-state index in [1.165, 1.54) is 35.6 Å². The molecule has 0 unspecified atom stereocenters. The van der Waals surface area contributed by atoms with Crippen LogP contribution < -0.4 is 10.6 Å². The third kappa shape index (κ3) is 5.33. The number of methoxy groups -OCH3 is 1. The van der Waals surface area contributed by atoms with E-state index >= 15 is 0 Å². The number of fused-ring (bicyclic) bond motifs is 1. The van der Waals surface area contributed by atoms with Crippen LogP contribution >= 0.6 is 24.0 Å². The van der Waals surface area contributed by atoms with Crippen molar-refractivity contribution < 1.29 is 4.74 Å². The molecule has 0 saturated heterocycles. The number of nitrogens with zero attached hydrogens (tertiary/aromatic N) is 1. The quantitative estimate of drug-likeness (QED) is 0.362. The smallest absolute Gasteiger partial charge is 0.191 e. The molecule has 2 N–H and O–H groups in total. The first-order valence-corrected chi connectivity index (χ1v) is 9.16. The molecule has 1 fully saturated rings. The van der Waals surface area contributed by atoms with Gasteiger partial charge < -0.3 is 15.4 Å². The summed E-state index contributed by atoms with van der Waals surface area (Å²) >= 11 is 0. The molecule has 4 nitrogen and oxygen atoms in total. The number of halogens is 1. The molecule has 0 aromatic heterocycles. The zero-order chi connectivity index (χ0) is 17.5. The summed E-state index contributed by atoms with van der Waals surface area (Å²) in [5.74, 6) is 0.872. The molecule has 26 heavy (non-hydrogen) atoms. The van der Waals surface area contributed by atoms with Crippen molar-refractivity contribution >= 4 is 40.7 Å². The normalized spacial score (nSPS) is 15.8.